The van der Waals surface area contributed by atoms with Gasteiger partial charge in [0.15, 0.2) is 0 Å². The van der Waals surface area contributed by atoms with Crippen LogP contribution < -0.4 is 5.32 Å². The first-order valence-electron chi connectivity index (χ1n) is 9.04. The average molecular weight is 375 g/mol. The molecule has 2 atom stereocenters. The first-order chi connectivity index (χ1) is 12.6. The molecule has 3 heterocycles. The topological polar surface area (TPSA) is 77.2 Å². The Hall–Kier alpha value is -1.86. The zero-order chi connectivity index (χ0) is 18.4. The standard InChI is InChI=1S/C19H25N3O3S/c1-13(7-8-16-5-4-10-24-16)21-18(23)17-6-3-9-20-19(17)26-12-15-11-14(2)25-22-15/h3,6,9,11,13,16H,4-5,7-8,10,12H2,1-2H3,(H,21,23)/t13-,16+/m1/s1. The van der Waals surface area contributed by atoms with E-state index in [9.17, 15) is 4.79 Å². The first kappa shape index (κ1) is 18.9. The smallest absolute Gasteiger partial charge is 0.254 e. The van der Waals surface area contributed by atoms with Crippen LogP contribution in [0, 0.1) is 6.92 Å². The van der Waals surface area contributed by atoms with E-state index >= 15 is 0 Å². The molecule has 0 radical (unpaired) electrons. The normalized spacial score (nSPS) is 18.0. The monoisotopic (exact) mass is 375 g/mol. The maximum Gasteiger partial charge on any atom is 0.254 e. The fourth-order valence-corrected chi connectivity index (χ4v) is 3.86. The van der Waals surface area contributed by atoms with Crippen LogP contribution in [0.25, 0.3) is 0 Å². The number of aryl methyl sites for hydroxylation is 1. The molecule has 1 amide bonds. The molecule has 1 saturated heterocycles. The number of amides is 1. The van der Waals surface area contributed by atoms with Crippen molar-refractivity contribution in [2.75, 3.05) is 6.61 Å². The third kappa shape index (κ3) is 5.32. The molecular formula is C19H25N3O3S. The van der Waals surface area contributed by atoms with Gasteiger partial charge < -0.3 is 14.6 Å². The summed E-state index contributed by atoms with van der Waals surface area (Å²) >= 11 is 1.49. The number of nitrogens with zero attached hydrogens (tertiary/aromatic N) is 2. The number of carbonyl (C=O) groups is 1. The number of hydrogen-bond donors (Lipinski definition) is 1. The molecule has 7 heteroatoms. The van der Waals surface area contributed by atoms with Crippen molar-refractivity contribution < 1.29 is 14.1 Å². The zero-order valence-electron chi connectivity index (χ0n) is 15.2. The number of pyridine rings is 1. The highest BCUT2D eigenvalue weighted by molar-refractivity contribution is 7.98. The van der Waals surface area contributed by atoms with Gasteiger partial charge in [-0.2, -0.15) is 0 Å². The third-order valence-corrected chi connectivity index (χ3v) is 5.41. The van der Waals surface area contributed by atoms with Gasteiger partial charge in [0.25, 0.3) is 5.91 Å². The van der Waals surface area contributed by atoms with Crippen molar-refractivity contribution >= 4 is 17.7 Å². The Balaban J connectivity index is 1.54. The Labute approximate surface area is 158 Å². The molecule has 1 aliphatic rings. The molecule has 0 unspecified atom stereocenters. The summed E-state index contributed by atoms with van der Waals surface area (Å²) in [5.41, 5.74) is 1.44. The van der Waals surface area contributed by atoms with Crippen molar-refractivity contribution in [1.29, 1.82) is 0 Å². The molecule has 1 N–H and O–H groups in total. The van der Waals surface area contributed by atoms with Gasteiger partial charge in [0.2, 0.25) is 0 Å². The molecule has 140 valence electrons. The molecule has 0 spiro atoms. The molecule has 6 nitrogen and oxygen atoms in total. The van der Waals surface area contributed by atoms with Crippen LogP contribution in [-0.2, 0) is 10.5 Å². The summed E-state index contributed by atoms with van der Waals surface area (Å²) in [5.74, 6) is 1.31. The molecule has 3 rings (SSSR count). The van der Waals surface area contributed by atoms with Gasteiger partial charge in [0.05, 0.1) is 17.4 Å². The molecule has 2 aromatic heterocycles. The van der Waals surface area contributed by atoms with Crippen LogP contribution in [0.15, 0.2) is 33.9 Å². The van der Waals surface area contributed by atoms with Gasteiger partial charge >= 0.3 is 0 Å². The second kappa shape index (κ2) is 9.19. The van der Waals surface area contributed by atoms with Crippen molar-refractivity contribution in [2.45, 2.75) is 62.5 Å². The molecular weight excluding hydrogens is 350 g/mol. The highest BCUT2D eigenvalue weighted by atomic mass is 32.2. The summed E-state index contributed by atoms with van der Waals surface area (Å²) in [4.78, 5) is 17.0. The Bertz CT molecular complexity index is 728. The van der Waals surface area contributed by atoms with Crippen molar-refractivity contribution in [2.24, 2.45) is 0 Å². The van der Waals surface area contributed by atoms with Crippen LogP contribution in [0.1, 0.15) is 54.4 Å². The van der Waals surface area contributed by atoms with Crippen LogP contribution in [0.3, 0.4) is 0 Å². The largest absolute Gasteiger partial charge is 0.378 e. The lowest BCUT2D eigenvalue weighted by atomic mass is 10.1. The summed E-state index contributed by atoms with van der Waals surface area (Å²) in [5, 5.41) is 7.77. The minimum Gasteiger partial charge on any atom is -0.378 e. The van der Waals surface area contributed by atoms with E-state index in [0.717, 1.165) is 43.7 Å². The van der Waals surface area contributed by atoms with E-state index in [1.54, 1.807) is 12.3 Å². The lowest BCUT2D eigenvalue weighted by Crippen LogP contribution is -2.33. The van der Waals surface area contributed by atoms with Crippen LogP contribution >= 0.6 is 11.8 Å². The third-order valence-electron chi connectivity index (χ3n) is 4.37. The highest BCUT2D eigenvalue weighted by Gasteiger charge is 2.19. The Morgan fingerprint density at radius 3 is 3.12 bits per heavy atom. The molecule has 0 bridgehead atoms. The molecule has 1 aliphatic heterocycles. The van der Waals surface area contributed by atoms with Crippen molar-refractivity contribution in [3.63, 3.8) is 0 Å². The Morgan fingerprint density at radius 1 is 1.50 bits per heavy atom. The lowest BCUT2D eigenvalue weighted by molar-refractivity contribution is 0.0896. The number of rotatable bonds is 8. The molecule has 0 aromatic carbocycles. The second-order valence-corrected chi connectivity index (χ2v) is 7.62. The fourth-order valence-electron chi connectivity index (χ4n) is 2.99. The van der Waals surface area contributed by atoms with Gasteiger partial charge in [0, 0.05) is 30.7 Å². The molecule has 1 fully saturated rings. The summed E-state index contributed by atoms with van der Waals surface area (Å²) in [6.07, 6.45) is 6.23. The number of aromatic nitrogens is 2. The van der Waals surface area contributed by atoms with E-state index in [4.69, 9.17) is 9.26 Å². The van der Waals surface area contributed by atoms with E-state index in [2.05, 4.69) is 15.5 Å². The Kier molecular flexibility index (Phi) is 6.68. The molecule has 0 saturated carbocycles. The second-order valence-electron chi connectivity index (χ2n) is 6.66. The van der Waals surface area contributed by atoms with E-state index in [0.29, 0.717) is 22.4 Å². The van der Waals surface area contributed by atoms with Gasteiger partial charge in [-0.1, -0.05) is 16.9 Å². The number of thioether (sulfide) groups is 1. The molecule has 2 aromatic rings. The highest BCUT2D eigenvalue weighted by Crippen LogP contribution is 2.24. The predicted octanol–water partition coefficient (Wildman–Crippen LogP) is 3.75. The van der Waals surface area contributed by atoms with Gasteiger partial charge in [0.1, 0.15) is 10.8 Å². The zero-order valence-corrected chi connectivity index (χ0v) is 16.1. The van der Waals surface area contributed by atoms with Crippen LogP contribution in [0.5, 0.6) is 0 Å². The molecule has 0 aliphatic carbocycles. The number of carbonyl (C=O) groups excluding carboxylic acids is 1. The molecule has 26 heavy (non-hydrogen) atoms. The minimum atomic E-state index is -0.0863. The van der Waals surface area contributed by atoms with Crippen LogP contribution in [0.4, 0.5) is 0 Å². The van der Waals surface area contributed by atoms with Crippen molar-refractivity contribution in [1.82, 2.24) is 15.5 Å². The van der Waals surface area contributed by atoms with Gasteiger partial charge in [-0.25, -0.2) is 4.98 Å². The quantitative estimate of drug-likeness (QED) is 0.708. The van der Waals surface area contributed by atoms with Gasteiger partial charge in [-0.15, -0.1) is 0 Å². The summed E-state index contributed by atoms with van der Waals surface area (Å²) in [6.45, 7) is 4.76. The van der Waals surface area contributed by atoms with E-state index in [1.807, 2.05) is 26.0 Å². The van der Waals surface area contributed by atoms with E-state index in [1.165, 1.54) is 11.8 Å². The fraction of sp³-hybridized carbons (Fsp3) is 0.526. The maximum absolute atomic E-state index is 12.7. The number of hydrogen-bond acceptors (Lipinski definition) is 6. The predicted molar refractivity (Wildman–Crippen MR) is 100 cm³/mol. The van der Waals surface area contributed by atoms with Crippen LogP contribution in [-0.4, -0.2) is 34.8 Å². The van der Waals surface area contributed by atoms with Crippen molar-refractivity contribution in [3.05, 3.63) is 41.4 Å². The summed E-state index contributed by atoms with van der Waals surface area (Å²) in [7, 11) is 0. The average Bonchev–Trinajstić information content (AvgIpc) is 3.30. The van der Waals surface area contributed by atoms with Crippen LogP contribution in [0.2, 0.25) is 0 Å². The lowest BCUT2D eigenvalue weighted by Gasteiger charge is -2.17. The van der Waals surface area contributed by atoms with E-state index < -0.39 is 0 Å². The first-order valence-corrected chi connectivity index (χ1v) is 10.0. The van der Waals surface area contributed by atoms with Gasteiger partial charge in [-0.3, -0.25) is 4.79 Å². The number of nitrogens with one attached hydrogen (secondary N) is 1. The van der Waals surface area contributed by atoms with Gasteiger partial charge in [-0.05, 0) is 51.7 Å². The maximum atomic E-state index is 12.7. The summed E-state index contributed by atoms with van der Waals surface area (Å²) in [6, 6.07) is 5.59. The minimum absolute atomic E-state index is 0.0863. The SMILES string of the molecule is Cc1cc(CSc2ncccc2C(=O)N[C@H](C)CC[C@@H]2CCCO2)no1. The number of ether oxygens (including phenoxy) is 1. The van der Waals surface area contributed by atoms with Crippen molar-refractivity contribution in [3.8, 4) is 0 Å². The van der Waals surface area contributed by atoms with E-state index in [-0.39, 0.29) is 11.9 Å². The Morgan fingerprint density at radius 2 is 2.38 bits per heavy atom. The summed E-state index contributed by atoms with van der Waals surface area (Å²) < 4.78 is 10.7.